The predicted molar refractivity (Wildman–Crippen MR) is 65.5 cm³/mol. The van der Waals surface area contributed by atoms with Crippen LogP contribution < -0.4 is 4.90 Å². The Balaban J connectivity index is 2.15. The van der Waals surface area contributed by atoms with Crippen molar-refractivity contribution in [1.29, 1.82) is 0 Å². The fourth-order valence-electron chi connectivity index (χ4n) is 1.81. The zero-order chi connectivity index (χ0) is 10.7. The van der Waals surface area contributed by atoms with Crippen LogP contribution in [0.15, 0.2) is 12.3 Å². The molecule has 0 spiro atoms. The maximum absolute atomic E-state index is 4.49. The van der Waals surface area contributed by atoms with Gasteiger partial charge in [0.15, 0.2) is 0 Å². The number of nitrogens with zero attached hydrogens (tertiary/aromatic N) is 3. The summed E-state index contributed by atoms with van der Waals surface area (Å²) >= 11 is 3.49. The maximum Gasteiger partial charge on any atom is 0.225 e. The van der Waals surface area contributed by atoms with Crippen molar-refractivity contribution in [1.82, 2.24) is 9.97 Å². The van der Waals surface area contributed by atoms with Crippen molar-refractivity contribution in [2.75, 3.05) is 16.8 Å². The van der Waals surface area contributed by atoms with E-state index in [2.05, 4.69) is 30.8 Å². The molecule has 0 aliphatic heterocycles. The summed E-state index contributed by atoms with van der Waals surface area (Å²) in [5.41, 5.74) is 1.04. The van der Waals surface area contributed by atoms with Crippen LogP contribution in [0.3, 0.4) is 0 Å². The van der Waals surface area contributed by atoms with E-state index in [9.17, 15) is 0 Å². The lowest BCUT2D eigenvalue weighted by molar-refractivity contribution is 0.386. The summed E-state index contributed by atoms with van der Waals surface area (Å²) in [6.07, 6.45) is 5.75. The van der Waals surface area contributed by atoms with E-state index in [1.165, 1.54) is 19.3 Å². The van der Waals surface area contributed by atoms with Crippen LogP contribution in [0.1, 0.15) is 25.0 Å². The van der Waals surface area contributed by atoms with Gasteiger partial charge in [0.2, 0.25) is 5.95 Å². The average molecular weight is 270 g/mol. The minimum atomic E-state index is 0.657. The number of rotatable bonds is 4. The molecule has 3 nitrogen and oxygen atoms in total. The Kier molecular flexibility index (Phi) is 3.57. The molecule has 0 saturated heterocycles. The van der Waals surface area contributed by atoms with Crippen molar-refractivity contribution >= 4 is 21.9 Å². The highest BCUT2D eigenvalue weighted by Crippen LogP contribution is 2.27. The molecular weight excluding hydrogens is 254 g/mol. The highest BCUT2D eigenvalue weighted by molar-refractivity contribution is 9.09. The molecule has 15 heavy (non-hydrogen) atoms. The fraction of sp³-hybridized carbons (Fsp3) is 0.636. The SMILES string of the molecule is Cc1ccnc(N(CCBr)C2CCC2)n1. The molecule has 0 atom stereocenters. The standard InChI is InChI=1S/C11H16BrN3/c1-9-5-7-13-11(14-9)15(8-6-12)10-3-2-4-10/h5,7,10H,2-4,6,8H2,1H3. The summed E-state index contributed by atoms with van der Waals surface area (Å²) in [6.45, 7) is 3.01. The summed E-state index contributed by atoms with van der Waals surface area (Å²) in [4.78, 5) is 11.2. The van der Waals surface area contributed by atoms with Crippen LogP contribution in [-0.4, -0.2) is 27.9 Å². The molecule has 1 aromatic rings. The Morgan fingerprint density at radius 3 is 2.87 bits per heavy atom. The van der Waals surface area contributed by atoms with Crippen molar-refractivity contribution in [3.63, 3.8) is 0 Å². The maximum atomic E-state index is 4.49. The lowest BCUT2D eigenvalue weighted by atomic mass is 9.92. The smallest absolute Gasteiger partial charge is 0.225 e. The molecule has 0 aromatic carbocycles. The molecule has 1 heterocycles. The van der Waals surface area contributed by atoms with Gasteiger partial charge in [-0.05, 0) is 32.3 Å². The van der Waals surface area contributed by atoms with Gasteiger partial charge in [0, 0.05) is 29.8 Å². The molecule has 2 rings (SSSR count). The van der Waals surface area contributed by atoms with Gasteiger partial charge in [0.05, 0.1) is 0 Å². The van der Waals surface area contributed by atoms with Crippen LogP contribution in [0.4, 0.5) is 5.95 Å². The van der Waals surface area contributed by atoms with Gasteiger partial charge < -0.3 is 4.90 Å². The van der Waals surface area contributed by atoms with Crippen LogP contribution in [-0.2, 0) is 0 Å². The van der Waals surface area contributed by atoms with Crippen LogP contribution in [0.5, 0.6) is 0 Å². The zero-order valence-corrected chi connectivity index (χ0v) is 10.6. The van der Waals surface area contributed by atoms with Gasteiger partial charge in [-0.2, -0.15) is 0 Å². The lowest BCUT2D eigenvalue weighted by Crippen LogP contribution is -2.42. The van der Waals surface area contributed by atoms with E-state index in [1.807, 2.05) is 19.2 Å². The molecule has 0 amide bonds. The van der Waals surface area contributed by atoms with Crippen molar-refractivity contribution in [3.05, 3.63) is 18.0 Å². The Labute approximate surface area is 99.0 Å². The molecule has 0 radical (unpaired) electrons. The van der Waals surface area contributed by atoms with Gasteiger partial charge in [0.1, 0.15) is 0 Å². The van der Waals surface area contributed by atoms with Crippen LogP contribution in [0, 0.1) is 6.92 Å². The Hall–Kier alpha value is -0.640. The lowest BCUT2D eigenvalue weighted by Gasteiger charge is -2.37. The van der Waals surface area contributed by atoms with E-state index in [0.29, 0.717) is 6.04 Å². The van der Waals surface area contributed by atoms with E-state index in [1.54, 1.807) is 0 Å². The molecule has 0 N–H and O–H groups in total. The third-order valence-corrected chi connectivity index (χ3v) is 3.23. The van der Waals surface area contributed by atoms with Crippen molar-refractivity contribution < 1.29 is 0 Å². The van der Waals surface area contributed by atoms with E-state index in [4.69, 9.17) is 0 Å². The molecule has 4 heteroatoms. The summed E-state index contributed by atoms with van der Waals surface area (Å²) in [5.74, 6) is 0.888. The number of hydrogen-bond acceptors (Lipinski definition) is 3. The number of aromatic nitrogens is 2. The molecule has 0 bridgehead atoms. The first-order valence-electron chi connectivity index (χ1n) is 5.43. The molecular formula is C11H16BrN3. The molecule has 82 valence electrons. The van der Waals surface area contributed by atoms with E-state index < -0.39 is 0 Å². The third-order valence-electron chi connectivity index (χ3n) is 2.88. The van der Waals surface area contributed by atoms with Gasteiger partial charge in [0.25, 0.3) is 0 Å². The van der Waals surface area contributed by atoms with Crippen LogP contribution >= 0.6 is 15.9 Å². The number of hydrogen-bond donors (Lipinski definition) is 0. The summed E-state index contributed by atoms with van der Waals surface area (Å²) in [6, 6.07) is 2.60. The van der Waals surface area contributed by atoms with Gasteiger partial charge in [-0.3, -0.25) is 0 Å². The third kappa shape index (κ3) is 2.48. The number of anilines is 1. The molecule has 1 aliphatic carbocycles. The monoisotopic (exact) mass is 269 g/mol. The largest absolute Gasteiger partial charge is 0.337 e. The van der Waals surface area contributed by atoms with Gasteiger partial charge in [-0.25, -0.2) is 9.97 Å². The number of alkyl halides is 1. The van der Waals surface area contributed by atoms with Crippen LogP contribution in [0.25, 0.3) is 0 Å². The first-order chi connectivity index (χ1) is 7.31. The van der Waals surface area contributed by atoms with E-state index in [-0.39, 0.29) is 0 Å². The second-order valence-electron chi connectivity index (χ2n) is 3.97. The summed E-state index contributed by atoms with van der Waals surface area (Å²) in [5, 5.41) is 0.973. The van der Waals surface area contributed by atoms with Gasteiger partial charge in [-0.1, -0.05) is 15.9 Å². The second kappa shape index (κ2) is 4.92. The minimum Gasteiger partial charge on any atom is -0.337 e. The first kappa shape index (κ1) is 10.9. The normalized spacial score (nSPS) is 16.1. The van der Waals surface area contributed by atoms with Crippen LogP contribution in [0.2, 0.25) is 0 Å². The van der Waals surface area contributed by atoms with E-state index >= 15 is 0 Å². The highest BCUT2D eigenvalue weighted by Gasteiger charge is 2.26. The summed E-state index contributed by atoms with van der Waals surface area (Å²) < 4.78 is 0. The molecule has 0 unspecified atom stereocenters. The summed E-state index contributed by atoms with van der Waals surface area (Å²) in [7, 11) is 0. The number of aryl methyl sites for hydroxylation is 1. The average Bonchev–Trinajstić information content (AvgIpc) is 2.14. The van der Waals surface area contributed by atoms with Crippen molar-refractivity contribution in [2.45, 2.75) is 32.2 Å². The Morgan fingerprint density at radius 2 is 2.33 bits per heavy atom. The Bertz CT molecular complexity index is 325. The second-order valence-corrected chi connectivity index (χ2v) is 4.76. The van der Waals surface area contributed by atoms with Gasteiger partial charge in [-0.15, -0.1) is 0 Å². The first-order valence-corrected chi connectivity index (χ1v) is 6.55. The fourth-order valence-corrected chi connectivity index (χ4v) is 2.19. The zero-order valence-electron chi connectivity index (χ0n) is 8.99. The number of halogens is 1. The highest BCUT2D eigenvalue weighted by atomic mass is 79.9. The Morgan fingerprint density at radius 1 is 1.53 bits per heavy atom. The molecule has 1 aliphatic rings. The topological polar surface area (TPSA) is 29.0 Å². The van der Waals surface area contributed by atoms with E-state index in [0.717, 1.165) is 23.5 Å². The van der Waals surface area contributed by atoms with Gasteiger partial charge >= 0.3 is 0 Å². The predicted octanol–water partition coefficient (Wildman–Crippen LogP) is 2.54. The molecule has 1 aromatic heterocycles. The quantitative estimate of drug-likeness (QED) is 0.787. The molecule has 1 fully saturated rings. The van der Waals surface area contributed by atoms with Crippen molar-refractivity contribution in [3.8, 4) is 0 Å². The minimum absolute atomic E-state index is 0.657. The molecule has 1 saturated carbocycles. The van der Waals surface area contributed by atoms with Crippen molar-refractivity contribution in [2.24, 2.45) is 0 Å².